The van der Waals surface area contributed by atoms with E-state index in [-0.39, 0.29) is 18.0 Å². The summed E-state index contributed by atoms with van der Waals surface area (Å²) < 4.78 is 7.43. The monoisotopic (exact) mass is 421 g/mol. The van der Waals surface area contributed by atoms with Gasteiger partial charge in [-0.15, -0.1) is 12.4 Å². The van der Waals surface area contributed by atoms with Crippen molar-refractivity contribution in [1.82, 2.24) is 14.5 Å². The smallest absolute Gasteiger partial charge is 0.258 e. The van der Waals surface area contributed by atoms with Crippen LogP contribution >= 0.6 is 12.4 Å². The number of likely N-dealkylation sites (N-methyl/N-ethyl adjacent to an activating group) is 1. The van der Waals surface area contributed by atoms with Crippen LogP contribution in [0.1, 0.15) is 16.8 Å². The third kappa shape index (κ3) is 3.86. The highest BCUT2D eigenvalue weighted by molar-refractivity contribution is 5.86. The quantitative estimate of drug-likeness (QED) is 0.534. The van der Waals surface area contributed by atoms with Crippen molar-refractivity contribution < 1.29 is 4.74 Å². The van der Waals surface area contributed by atoms with Gasteiger partial charge in [0.15, 0.2) is 0 Å². The average Bonchev–Trinajstić information content (AvgIpc) is 3.09. The van der Waals surface area contributed by atoms with Gasteiger partial charge in [0.05, 0.1) is 5.69 Å². The lowest BCUT2D eigenvalue weighted by Gasteiger charge is -2.22. The van der Waals surface area contributed by atoms with Gasteiger partial charge in [-0.1, -0.05) is 36.4 Å². The van der Waals surface area contributed by atoms with E-state index in [1.807, 2.05) is 42.5 Å². The molecule has 6 heteroatoms. The van der Waals surface area contributed by atoms with Gasteiger partial charge >= 0.3 is 0 Å². The molecule has 2 aromatic heterocycles. The highest BCUT2D eigenvalue weighted by Crippen LogP contribution is 2.28. The van der Waals surface area contributed by atoms with E-state index in [0.717, 1.165) is 36.3 Å². The third-order valence-corrected chi connectivity index (χ3v) is 5.57. The van der Waals surface area contributed by atoms with Crippen molar-refractivity contribution in [2.45, 2.75) is 19.6 Å². The Kier molecular flexibility index (Phi) is 5.66. The summed E-state index contributed by atoms with van der Waals surface area (Å²) in [6.07, 6.45) is 2.83. The maximum Gasteiger partial charge on any atom is 0.258 e. The molecule has 0 bridgehead atoms. The van der Waals surface area contributed by atoms with E-state index in [1.165, 1.54) is 16.6 Å². The van der Waals surface area contributed by atoms with Crippen molar-refractivity contribution in [1.29, 1.82) is 0 Å². The lowest BCUT2D eigenvalue weighted by atomic mass is 10.0. The number of rotatable bonds is 4. The van der Waals surface area contributed by atoms with Crippen molar-refractivity contribution in [2.24, 2.45) is 0 Å². The predicted octanol–water partition coefficient (Wildman–Crippen LogP) is 4.31. The average molecular weight is 422 g/mol. The van der Waals surface area contributed by atoms with Crippen LogP contribution in [0.2, 0.25) is 0 Å². The number of nitrogens with zero attached hydrogens (tertiary/aromatic N) is 2. The maximum atomic E-state index is 12.7. The normalized spacial score (nSPS) is 13.6. The van der Waals surface area contributed by atoms with E-state index in [9.17, 15) is 4.79 Å². The van der Waals surface area contributed by atoms with E-state index >= 15 is 0 Å². The molecule has 0 unspecified atom stereocenters. The van der Waals surface area contributed by atoms with Crippen molar-refractivity contribution in [3.05, 3.63) is 94.0 Å². The molecular weight excluding hydrogens is 398 g/mol. The molecule has 0 aliphatic carbocycles. The molecule has 154 valence electrons. The highest BCUT2D eigenvalue weighted by atomic mass is 35.5. The van der Waals surface area contributed by atoms with Crippen molar-refractivity contribution in [2.75, 3.05) is 13.6 Å². The van der Waals surface area contributed by atoms with Crippen LogP contribution in [-0.2, 0) is 19.6 Å². The number of ether oxygens (including phenoxy) is 1. The van der Waals surface area contributed by atoms with E-state index < -0.39 is 0 Å². The first-order chi connectivity index (χ1) is 14.2. The first-order valence-electron chi connectivity index (χ1n) is 9.89. The standard InChI is InChI=1S/C24H23N3O2.ClH/c1-26-11-10-21-20-8-7-18(13-22(20)25-23(21)15-26)27-12-9-19(14-24(27)28)29-16-17-5-3-2-4-6-17;/h2-9,12-14,25H,10-11,15-16H2,1H3;1H. The minimum absolute atomic E-state index is 0. The Morgan fingerprint density at radius 1 is 1.07 bits per heavy atom. The van der Waals surface area contributed by atoms with E-state index in [0.29, 0.717) is 12.4 Å². The van der Waals surface area contributed by atoms with Crippen LogP contribution in [-0.4, -0.2) is 28.0 Å². The molecule has 0 radical (unpaired) electrons. The zero-order valence-corrected chi connectivity index (χ0v) is 17.6. The van der Waals surface area contributed by atoms with Gasteiger partial charge in [0.25, 0.3) is 5.56 Å². The molecule has 0 saturated carbocycles. The number of aromatic nitrogens is 2. The van der Waals surface area contributed by atoms with Gasteiger partial charge in [0, 0.05) is 41.9 Å². The SMILES string of the molecule is CN1CCc2c([nH]c3cc(-n4ccc(OCc5ccccc5)cc4=O)ccc23)C1.Cl. The molecule has 2 aromatic carbocycles. The van der Waals surface area contributed by atoms with Gasteiger partial charge in [-0.05, 0) is 42.8 Å². The fraction of sp³-hybridized carbons (Fsp3) is 0.208. The van der Waals surface area contributed by atoms with Gasteiger partial charge in [-0.2, -0.15) is 0 Å². The maximum absolute atomic E-state index is 12.7. The van der Waals surface area contributed by atoms with Gasteiger partial charge in [0.2, 0.25) is 0 Å². The molecule has 0 amide bonds. The fourth-order valence-electron chi connectivity index (χ4n) is 4.03. The van der Waals surface area contributed by atoms with Gasteiger partial charge < -0.3 is 14.6 Å². The van der Waals surface area contributed by atoms with Crippen LogP contribution in [0.4, 0.5) is 0 Å². The Bertz CT molecular complexity index is 1230. The number of halogens is 1. The summed E-state index contributed by atoms with van der Waals surface area (Å²) in [5.74, 6) is 0.578. The van der Waals surface area contributed by atoms with Gasteiger partial charge in [0.1, 0.15) is 12.4 Å². The number of fused-ring (bicyclic) bond motifs is 3. The Morgan fingerprint density at radius 2 is 1.90 bits per heavy atom. The van der Waals surface area contributed by atoms with Crippen LogP contribution in [0.25, 0.3) is 16.6 Å². The summed E-state index contributed by atoms with van der Waals surface area (Å²) in [6.45, 7) is 2.46. The summed E-state index contributed by atoms with van der Waals surface area (Å²) in [6, 6.07) is 19.5. The van der Waals surface area contributed by atoms with E-state index in [2.05, 4.69) is 29.1 Å². The molecule has 0 atom stereocenters. The first kappa shape index (κ1) is 20.3. The molecule has 1 aliphatic rings. The number of hydrogen-bond acceptors (Lipinski definition) is 3. The second kappa shape index (κ2) is 8.38. The van der Waals surface area contributed by atoms with Crippen LogP contribution in [0.15, 0.2) is 71.7 Å². The van der Waals surface area contributed by atoms with Crippen LogP contribution in [0, 0.1) is 0 Å². The summed E-state index contributed by atoms with van der Waals surface area (Å²) in [5.41, 5.74) is 5.59. The number of aromatic amines is 1. The van der Waals surface area contributed by atoms with Crippen molar-refractivity contribution >= 4 is 23.3 Å². The molecule has 0 spiro atoms. The molecule has 5 nitrogen and oxygen atoms in total. The predicted molar refractivity (Wildman–Crippen MR) is 122 cm³/mol. The zero-order valence-electron chi connectivity index (χ0n) is 16.8. The molecular formula is C24H24ClN3O2. The molecule has 30 heavy (non-hydrogen) atoms. The van der Waals surface area contributed by atoms with Crippen molar-refractivity contribution in [3.63, 3.8) is 0 Å². The van der Waals surface area contributed by atoms with E-state index in [4.69, 9.17) is 4.74 Å². The van der Waals surface area contributed by atoms with E-state index in [1.54, 1.807) is 16.8 Å². The Hall–Kier alpha value is -3.02. The topological polar surface area (TPSA) is 50.3 Å². The van der Waals surface area contributed by atoms with Crippen LogP contribution in [0.3, 0.4) is 0 Å². The second-order valence-electron chi connectivity index (χ2n) is 7.64. The van der Waals surface area contributed by atoms with Crippen LogP contribution in [0.5, 0.6) is 5.75 Å². The Balaban J connectivity index is 0.00000218. The second-order valence-corrected chi connectivity index (χ2v) is 7.64. The molecule has 1 aliphatic heterocycles. The number of hydrogen-bond donors (Lipinski definition) is 1. The minimum atomic E-state index is -0.106. The first-order valence-corrected chi connectivity index (χ1v) is 9.89. The number of benzene rings is 2. The molecule has 4 aromatic rings. The molecule has 1 N–H and O–H groups in total. The number of H-pyrrole nitrogens is 1. The van der Waals surface area contributed by atoms with Crippen molar-refractivity contribution in [3.8, 4) is 11.4 Å². The third-order valence-electron chi connectivity index (χ3n) is 5.57. The molecule has 5 rings (SSSR count). The molecule has 0 saturated heterocycles. The summed E-state index contributed by atoms with van der Waals surface area (Å²) >= 11 is 0. The van der Waals surface area contributed by atoms with Crippen LogP contribution < -0.4 is 10.3 Å². The Labute approximate surface area is 181 Å². The lowest BCUT2D eigenvalue weighted by molar-refractivity contribution is 0.305. The highest BCUT2D eigenvalue weighted by Gasteiger charge is 2.18. The largest absolute Gasteiger partial charge is 0.489 e. The molecule has 0 fully saturated rings. The van der Waals surface area contributed by atoms with Gasteiger partial charge in [-0.25, -0.2) is 0 Å². The zero-order chi connectivity index (χ0) is 19.8. The van der Waals surface area contributed by atoms with Gasteiger partial charge in [-0.3, -0.25) is 9.36 Å². The summed E-state index contributed by atoms with van der Waals surface area (Å²) in [5, 5.41) is 1.26. The number of pyridine rings is 1. The lowest BCUT2D eigenvalue weighted by Crippen LogP contribution is -2.26. The number of nitrogens with one attached hydrogen (secondary N) is 1. The summed E-state index contributed by atoms with van der Waals surface area (Å²) in [4.78, 5) is 18.6. The molecule has 3 heterocycles. The minimum Gasteiger partial charge on any atom is -0.489 e. The summed E-state index contributed by atoms with van der Waals surface area (Å²) in [7, 11) is 2.14. The fourth-order valence-corrected chi connectivity index (χ4v) is 4.03. The Morgan fingerprint density at radius 3 is 2.70 bits per heavy atom.